The first-order valence-corrected chi connectivity index (χ1v) is 9.44. The maximum Gasteiger partial charge on any atom is 0.268 e. The maximum atomic E-state index is 13.1. The van der Waals surface area contributed by atoms with Gasteiger partial charge in [-0.15, -0.1) is 0 Å². The summed E-state index contributed by atoms with van der Waals surface area (Å²) in [5.41, 5.74) is 1.05. The van der Waals surface area contributed by atoms with Gasteiger partial charge in [-0.3, -0.25) is 14.5 Å². The Labute approximate surface area is 165 Å². The van der Waals surface area contributed by atoms with Gasteiger partial charge in [-0.2, -0.15) is 0 Å². The molecule has 0 fully saturated rings. The third kappa shape index (κ3) is 3.56. The molecule has 0 saturated heterocycles. The van der Waals surface area contributed by atoms with Crippen molar-refractivity contribution in [3.63, 3.8) is 0 Å². The molecule has 0 unspecified atom stereocenters. The molecule has 0 spiro atoms. The zero-order valence-corrected chi connectivity index (χ0v) is 15.7. The lowest BCUT2D eigenvalue weighted by Gasteiger charge is -2.13. The Kier molecular flexibility index (Phi) is 4.88. The summed E-state index contributed by atoms with van der Waals surface area (Å²) < 4.78 is 5.31. The van der Waals surface area contributed by atoms with Crippen LogP contribution in [0.5, 0.6) is 0 Å². The molecule has 2 amide bonds. The summed E-state index contributed by atoms with van der Waals surface area (Å²) in [5.74, 6) is -0.106. The molecule has 0 saturated carbocycles. The Bertz CT molecular complexity index is 1010. The number of imide groups is 1. The quantitative estimate of drug-likeness (QED) is 0.570. The second-order valence-corrected chi connectivity index (χ2v) is 7.42. The zero-order valence-electron chi connectivity index (χ0n) is 14.1. The highest BCUT2D eigenvalue weighted by Gasteiger charge is 2.39. The van der Waals surface area contributed by atoms with Crippen molar-refractivity contribution in [3.05, 3.63) is 94.2 Å². The number of hydrogen-bond acceptors (Lipinski definition) is 4. The van der Waals surface area contributed by atoms with Crippen molar-refractivity contribution in [1.82, 2.24) is 4.90 Å². The first-order chi connectivity index (χ1) is 13.1. The molecule has 1 aliphatic rings. The number of thioether (sulfide) groups is 1. The fraction of sp³-hybridized carbons (Fsp3) is 0.0476. The fourth-order valence-corrected chi connectivity index (χ4v) is 3.99. The normalized spacial score (nSPS) is 14.3. The highest BCUT2D eigenvalue weighted by Crippen LogP contribution is 2.40. The van der Waals surface area contributed by atoms with E-state index in [1.807, 2.05) is 30.3 Å². The minimum absolute atomic E-state index is 0.0978. The number of amides is 2. The minimum atomic E-state index is -0.336. The first kappa shape index (κ1) is 17.6. The van der Waals surface area contributed by atoms with Crippen LogP contribution in [0.2, 0.25) is 5.02 Å². The molecule has 0 radical (unpaired) electrons. The monoisotopic (exact) mass is 395 g/mol. The molecule has 2 heterocycles. The highest BCUT2D eigenvalue weighted by molar-refractivity contribution is 8.04. The van der Waals surface area contributed by atoms with Gasteiger partial charge in [0, 0.05) is 9.92 Å². The van der Waals surface area contributed by atoms with Gasteiger partial charge < -0.3 is 4.42 Å². The third-order valence-corrected chi connectivity index (χ3v) is 5.46. The molecular formula is C21H14ClNO3S. The smallest absolute Gasteiger partial charge is 0.268 e. The second-order valence-electron chi connectivity index (χ2n) is 5.90. The van der Waals surface area contributed by atoms with Gasteiger partial charge in [-0.25, -0.2) is 0 Å². The summed E-state index contributed by atoms with van der Waals surface area (Å²) >= 11 is 7.27. The summed E-state index contributed by atoms with van der Waals surface area (Å²) in [6.45, 7) is 0.0978. The third-order valence-electron chi connectivity index (χ3n) is 4.12. The van der Waals surface area contributed by atoms with Crippen LogP contribution in [0, 0.1) is 0 Å². The van der Waals surface area contributed by atoms with Gasteiger partial charge in [-0.05, 0) is 42.0 Å². The first-order valence-electron chi connectivity index (χ1n) is 8.25. The molecule has 1 aromatic heterocycles. The van der Waals surface area contributed by atoms with E-state index in [2.05, 4.69) is 0 Å². The van der Waals surface area contributed by atoms with Crippen LogP contribution in [0.1, 0.15) is 11.3 Å². The topological polar surface area (TPSA) is 50.5 Å². The van der Waals surface area contributed by atoms with E-state index in [9.17, 15) is 9.59 Å². The van der Waals surface area contributed by atoms with Crippen molar-refractivity contribution in [2.24, 2.45) is 0 Å². The average molecular weight is 396 g/mol. The van der Waals surface area contributed by atoms with Gasteiger partial charge in [0.15, 0.2) is 0 Å². The van der Waals surface area contributed by atoms with Crippen LogP contribution < -0.4 is 0 Å². The lowest BCUT2D eigenvalue weighted by atomic mass is 10.1. The van der Waals surface area contributed by atoms with E-state index in [1.165, 1.54) is 22.9 Å². The van der Waals surface area contributed by atoms with Crippen LogP contribution in [0.25, 0.3) is 5.57 Å². The van der Waals surface area contributed by atoms with E-state index in [-0.39, 0.29) is 18.4 Å². The van der Waals surface area contributed by atoms with E-state index in [0.717, 1.165) is 4.90 Å². The summed E-state index contributed by atoms with van der Waals surface area (Å²) in [6.07, 6.45) is 1.52. The largest absolute Gasteiger partial charge is 0.467 e. The molecule has 27 heavy (non-hydrogen) atoms. The van der Waals surface area contributed by atoms with Crippen LogP contribution in [-0.2, 0) is 16.1 Å². The summed E-state index contributed by atoms with van der Waals surface area (Å²) in [7, 11) is 0. The van der Waals surface area contributed by atoms with E-state index < -0.39 is 0 Å². The van der Waals surface area contributed by atoms with E-state index >= 15 is 0 Å². The lowest BCUT2D eigenvalue weighted by molar-refractivity contribution is -0.137. The van der Waals surface area contributed by atoms with Gasteiger partial charge in [-0.1, -0.05) is 53.7 Å². The van der Waals surface area contributed by atoms with Crippen LogP contribution >= 0.6 is 23.4 Å². The molecule has 0 N–H and O–H groups in total. The van der Waals surface area contributed by atoms with Gasteiger partial charge >= 0.3 is 0 Å². The van der Waals surface area contributed by atoms with Crippen LogP contribution in [0.4, 0.5) is 0 Å². The Balaban J connectivity index is 1.75. The van der Waals surface area contributed by atoms with Crippen molar-refractivity contribution in [3.8, 4) is 0 Å². The van der Waals surface area contributed by atoms with Gasteiger partial charge in [0.2, 0.25) is 0 Å². The molecule has 4 nitrogen and oxygen atoms in total. The summed E-state index contributed by atoms with van der Waals surface area (Å²) in [6, 6.07) is 19.9. The number of rotatable bonds is 5. The number of halogens is 1. The Morgan fingerprint density at radius 1 is 0.889 bits per heavy atom. The predicted octanol–water partition coefficient (Wildman–Crippen LogP) is 5.01. The summed E-state index contributed by atoms with van der Waals surface area (Å²) in [4.78, 5) is 28.7. The minimum Gasteiger partial charge on any atom is -0.467 e. The Hall–Kier alpha value is -2.76. The van der Waals surface area contributed by atoms with Crippen LogP contribution in [-0.4, -0.2) is 16.7 Å². The SMILES string of the molecule is O=C1C(Sc2ccccc2)=C(c2ccc(Cl)cc2)C(=O)N1Cc1ccco1. The fourth-order valence-electron chi connectivity index (χ4n) is 2.83. The average Bonchev–Trinajstić information content (AvgIpc) is 3.27. The molecule has 134 valence electrons. The van der Waals surface area contributed by atoms with Gasteiger partial charge in [0.05, 0.1) is 23.3 Å². The van der Waals surface area contributed by atoms with E-state index in [1.54, 1.807) is 36.4 Å². The van der Waals surface area contributed by atoms with Crippen LogP contribution in [0.15, 0.2) is 87.2 Å². The van der Waals surface area contributed by atoms with Crippen molar-refractivity contribution >= 4 is 40.8 Å². The van der Waals surface area contributed by atoms with Gasteiger partial charge in [0.1, 0.15) is 5.76 Å². The molecule has 6 heteroatoms. The summed E-state index contributed by atoms with van der Waals surface area (Å²) in [5, 5.41) is 0.570. The molecule has 1 aliphatic heterocycles. The number of hydrogen-bond donors (Lipinski definition) is 0. The second kappa shape index (κ2) is 7.47. The molecule has 0 aliphatic carbocycles. The maximum absolute atomic E-state index is 13.1. The standard InChI is InChI=1S/C21H14ClNO3S/c22-15-10-8-14(9-11-15)18-19(27-17-6-2-1-3-7-17)21(25)23(20(18)24)13-16-5-4-12-26-16/h1-12H,13H2. The molecule has 0 atom stereocenters. The highest BCUT2D eigenvalue weighted by atomic mass is 35.5. The number of benzene rings is 2. The van der Waals surface area contributed by atoms with Crippen molar-refractivity contribution in [1.29, 1.82) is 0 Å². The van der Waals surface area contributed by atoms with Crippen molar-refractivity contribution in [2.75, 3.05) is 0 Å². The molecule has 0 bridgehead atoms. The Morgan fingerprint density at radius 3 is 2.30 bits per heavy atom. The number of furan rings is 1. The van der Waals surface area contributed by atoms with E-state index in [0.29, 0.717) is 26.8 Å². The number of nitrogens with zero attached hydrogens (tertiary/aromatic N) is 1. The number of carbonyl (C=O) groups is 2. The predicted molar refractivity (Wildman–Crippen MR) is 105 cm³/mol. The van der Waals surface area contributed by atoms with Crippen LogP contribution in [0.3, 0.4) is 0 Å². The molecule has 4 rings (SSSR count). The van der Waals surface area contributed by atoms with E-state index in [4.69, 9.17) is 16.0 Å². The Morgan fingerprint density at radius 2 is 1.63 bits per heavy atom. The zero-order chi connectivity index (χ0) is 18.8. The van der Waals surface area contributed by atoms with Crippen molar-refractivity contribution in [2.45, 2.75) is 11.4 Å². The van der Waals surface area contributed by atoms with Crippen molar-refractivity contribution < 1.29 is 14.0 Å². The molecule has 3 aromatic rings. The lowest BCUT2D eigenvalue weighted by Crippen LogP contribution is -2.30. The number of carbonyl (C=O) groups excluding carboxylic acids is 2. The molecule has 2 aromatic carbocycles. The molecular weight excluding hydrogens is 382 g/mol. The van der Waals surface area contributed by atoms with Gasteiger partial charge in [0.25, 0.3) is 11.8 Å².